The lowest BCUT2D eigenvalue weighted by Gasteiger charge is -2.08. The molecule has 0 fully saturated rings. The van der Waals surface area contributed by atoms with Crippen LogP contribution in [0.3, 0.4) is 0 Å². The summed E-state index contributed by atoms with van der Waals surface area (Å²) in [5, 5.41) is 0.326. The number of sulfonamides is 1. The van der Waals surface area contributed by atoms with E-state index in [9.17, 15) is 8.42 Å². The molecule has 0 bridgehead atoms. The summed E-state index contributed by atoms with van der Waals surface area (Å²) in [7, 11) is -3.58. The molecule has 0 aliphatic heterocycles. The maximum absolute atomic E-state index is 11.9. The highest BCUT2D eigenvalue weighted by Gasteiger charge is 2.14. The van der Waals surface area contributed by atoms with Gasteiger partial charge in [0.2, 0.25) is 10.0 Å². The summed E-state index contributed by atoms with van der Waals surface area (Å²) < 4.78 is 31.4. The third-order valence-corrected chi connectivity index (χ3v) is 4.09. The zero-order chi connectivity index (χ0) is 14.3. The van der Waals surface area contributed by atoms with Gasteiger partial charge in [-0.25, -0.2) is 13.1 Å². The van der Waals surface area contributed by atoms with E-state index in [1.54, 1.807) is 6.08 Å². The van der Waals surface area contributed by atoms with Crippen LogP contribution in [0.25, 0.3) is 0 Å². The molecule has 1 aromatic carbocycles. The molecule has 0 heterocycles. The molecule has 0 aromatic heterocycles. The van der Waals surface area contributed by atoms with Gasteiger partial charge in [-0.1, -0.05) is 17.7 Å². The van der Waals surface area contributed by atoms with Crippen LogP contribution in [0, 0.1) is 0 Å². The average Bonchev–Trinajstić information content (AvgIpc) is 2.36. The zero-order valence-corrected chi connectivity index (χ0v) is 12.0. The number of anilines is 1. The largest absolute Gasteiger partial charge is 0.397 e. The van der Waals surface area contributed by atoms with E-state index in [1.807, 2.05) is 0 Å². The number of nitrogens with one attached hydrogen (secondary N) is 1. The Bertz CT molecular complexity index is 532. The first kappa shape index (κ1) is 16.0. The fraction of sp³-hybridized carbons (Fsp3) is 0.333. The van der Waals surface area contributed by atoms with E-state index in [1.165, 1.54) is 18.2 Å². The standard InChI is InChI=1S/C12H17ClN2O3S/c1-2-3-7-18-8-6-15-19(16,17)10-4-5-11(13)12(14)9-10/h2,4-5,9,15H,1,3,6-8,14H2. The van der Waals surface area contributed by atoms with Gasteiger partial charge in [-0.05, 0) is 24.6 Å². The number of nitrogen functional groups attached to an aromatic ring is 1. The highest BCUT2D eigenvalue weighted by atomic mass is 35.5. The molecule has 0 spiro atoms. The van der Waals surface area contributed by atoms with E-state index < -0.39 is 10.0 Å². The van der Waals surface area contributed by atoms with Crippen molar-refractivity contribution < 1.29 is 13.2 Å². The summed E-state index contributed by atoms with van der Waals surface area (Å²) in [6, 6.07) is 4.18. The second kappa shape index (κ2) is 7.49. The molecule has 3 N–H and O–H groups in total. The van der Waals surface area contributed by atoms with E-state index in [0.29, 0.717) is 18.2 Å². The predicted molar refractivity (Wildman–Crippen MR) is 76.7 cm³/mol. The highest BCUT2D eigenvalue weighted by Crippen LogP contribution is 2.21. The van der Waals surface area contributed by atoms with Crippen LogP contribution < -0.4 is 10.5 Å². The Hall–Kier alpha value is -1.08. The molecule has 0 unspecified atom stereocenters. The molecule has 106 valence electrons. The van der Waals surface area contributed by atoms with Gasteiger partial charge < -0.3 is 10.5 Å². The summed E-state index contributed by atoms with van der Waals surface area (Å²) in [5.74, 6) is 0. The summed E-state index contributed by atoms with van der Waals surface area (Å²) in [6.07, 6.45) is 2.47. The molecule has 0 aliphatic rings. The van der Waals surface area contributed by atoms with Crippen molar-refractivity contribution in [3.8, 4) is 0 Å². The monoisotopic (exact) mass is 304 g/mol. The van der Waals surface area contributed by atoms with Gasteiger partial charge >= 0.3 is 0 Å². The molecule has 0 radical (unpaired) electrons. The van der Waals surface area contributed by atoms with Crippen LogP contribution in [0.15, 0.2) is 35.7 Å². The van der Waals surface area contributed by atoms with Crippen molar-refractivity contribution >= 4 is 27.3 Å². The van der Waals surface area contributed by atoms with E-state index in [-0.39, 0.29) is 17.1 Å². The first-order valence-electron chi connectivity index (χ1n) is 5.70. The van der Waals surface area contributed by atoms with Crippen LogP contribution in [-0.4, -0.2) is 28.2 Å². The molecule has 0 saturated heterocycles. The lowest BCUT2D eigenvalue weighted by Crippen LogP contribution is -2.27. The number of rotatable bonds is 8. The molecule has 0 aliphatic carbocycles. The Morgan fingerprint density at radius 2 is 2.16 bits per heavy atom. The number of halogens is 1. The maximum atomic E-state index is 11.9. The van der Waals surface area contributed by atoms with Gasteiger partial charge in [0.15, 0.2) is 0 Å². The van der Waals surface area contributed by atoms with Crippen molar-refractivity contribution in [2.75, 3.05) is 25.5 Å². The van der Waals surface area contributed by atoms with E-state index >= 15 is 0 Å². The Balaban J connectivity index is 2.51. The lowest BCUT2D eigenvalue weighted by molar-refractivity contribution is 0.144. The van der Waals surface area contributed by atoms with Gasteiger partial charge in [-0.2, -0.15) is 0 Å². The minimum absolute atomic E-state index is 0.0838. The maximum Gasteiger partial charge on any atom is 0.240 e. The molecule has 7 heteroatoms. The summed E-state index contributed by atoms with van der Waals surface area (Å²) in [4.78, 5) is 0.0838. The SMILES string of the molecule is C=CCCOCCNS(=O)(=O)c1ccc(Cl)c(N)c1. The first-order chi connectivity index (χ1) is 8.97. The molecular weight excluding hydrogens is 288 g/mol. The minimum Gasteiger partial charge on any atom is -0.397 e. The molecule has 1 rings (SSSR count). The quantitative estimate of drug-likeness (QED) is 0.436. The number of hydrogen-bond acceptors (Lipinski definition) is 4. The van der Waals surface area contributed by atoms with Crippen LogP contribution in [0.5, 0.6) is 0 Å². The average molecular weight is 305 g/mol. The van der Waals surface area contributed by atoms with E-state index in [4.69, 9.17) is 22.1 Å². The molecule has 0 amide bonds. The fourth-order valence-electron chi connectivity index (χ4n) is 1.29. The minimum atomic E-state index is -3.58. The van der Waals surface area contributed by atoms with Gasteiger partial charge in [0, 0.05) is 6.54 Å². The topological polar surface area (TPSA) is 81.4 Å². The van der Waals surface area contributed by atoms with Gasteiger partial charge in [0.05, 0.1) is 28.8 Å². The van der Waals surface area contributed by atoms with Crippen molar-refractivity contribution in [3.05, 3.63) is 35.9 Å². The molecule has 5 nitrogen and oxygen atoms in total. The highest BCUT2D eigenvalue weighted by molar-refractivity contribution is 7.89. The van der Waals surface area contributed by atoms with Crippen LogP contribution >= 0.6 is 11.6 Å². The van der Waals surface area contributed by atoms with Crippen LogP contribution in [0.1, 0.15) is 6.42 Å². The Morgan fingerprint density at radius 3 is 2.79 bits per heavy atom. The van der Waals surface area contributed by atoms with Crippen molar-refractivity contribution in [1.29, 1.82) is 0 Å². The molecule has 0 atom stereocenters. The number of nitrogens with two attached hydrogens (primary N) is 1. The molecule has 1 aromatic rings. The van der Waals surface area contributed by atoms with E-state index in [0.717, 1.165) is 6.42 Å². The smallest absolute Gasteiger partial charge is 0.240 e. The number of benzene rings is 1. The van der Waals surface area contributed by atoms with Crippen LogP contribution in [-0.2, 0) is 14.8 Å². The van der Waals surface area contributed by atoms with Gasteiger partial charge in [0.1, 0.15) is 0 Å². The van der Waals surface area contributed by atoms with Crippen molar-refractivity contribution in [2.24, 2.45) is 0 Å². The summed E-state index contributed by atoms with van der Waals surface area (Å²) >= 11 is 5.74. The van der Waals surface area contributed by atoms with Gasteiger partial charge in [-0.15, -0.1) is 6.58 Å². The Morgan fingerprint density at radius 1 is 1.42 bits per heavy atom. The third kappa shape index (κ3) is 5.20. The predicted octanol–water partition coefficient (Wildman–Crippen LogP) is 1.79. The van der Waals surface area contributed by atoms with Crippen LogP contribution in [0.2, 0.25) is 5.02 Å². The Labute approximate surface area is 118 Å². The van der Waals surface area contributed by atoms with Gasteiger partial charge in [0.25, 0.3) is 0 Å². The van der Waals surface area contributed by atoms with E-state index in [2.05, 4.69) is 11.3 Å². The normalized spacial score (nSPS) is 11.4. The zero-order valence-electron chi connectivity index (χ0n) is 10.4. The fourth-order valence-corrected chi connectivity index (χ4v) is 2.45. The number of hydrogen-bond donors (Lipinski definition) is 2. The summed E-state index contributed by atoms with van der Waals surface area (Å²) in [6.45, 7) is 4.58. The lowest BCUT2D eigenvalue weighted by atomic mass is 10.3. The van der Waals surface area contributed by atoms with Crippen molar-refractivity contribution in [2.45, 2.75) is 11.3 Å². The molecule has 0 saturated carbocycles. The van der Waals surface area contributed by atoms with Gasteiger partial charge in [-0.3, -0.25) is 0 Å². The molecule has 19 heavy (non-hydrogen) atoms. The van der Waals surface area contributed by atoms with Crippen molar-refractivity contribution in [1.82, 2.24) is 4.72 Å². The first-order valence-corrected chi connectivity index (χ1v) is 7.57. The van der Waals surface area contributed by atoms with Crippen LogP contribution in [0.4, 0.5) is 5.69 Å². The number of ether oxygens (including phenoxy) is 1. The van der Waals surface area contributed by atoms with Crippen molar-refractivity contribution in [3.63, 3.8) is 0 Å². The second-order valence-electron chi connectivity index (χ2n) is 3.77. The molecular formula is C12H17ClN2O3S. The second-order valence-corrected chi connectivity index (χ2v) is 5.94. The third-order valence-electron chi connectivity index (χ3n) is 2.28. The summed E-state index contributed by atoms with van der Waals surface area (Å²) in [5.41, 5.74) is 5.80. The Kier molecular flexibility index (Phi) is 6.30.